The number of rotatable bonds is 4. The second-order valence-electron chi connectivity index (χ2n) is 4.66. The molecule has 5 nitrogen and oxygen atoms in total. The Hall–Kier alpha value is -1.88. The molecule has 0 saturated carbocycles. The molecule has 102 valence electrons. The summed E-state index contributed by atoms with van der Waals surface area (Å²) in [5, 5.41) is 9.18. The van der Waals surface area contributed by atoms with Crippen LogP contribution in [0.5, 0.6) is 0 Å². The van der Waals surface area contributed by atoms with Crippen LogP contribution in [0.15, 0.2) is 30.3 Å². The zero-order valence-corrected chi connectivity index (χ0v) is 10.9. The van der Waals surface area contributed by atoms with Gasteiger partial charge in [-0.2, -0.15) is 0 Å². The van der Waals surface area contributed by atoms with E-state index in [1.54, 1.807) is 4.90 Å². The highest BCUT2D eigenvalue weighted by molar-refractivity contribution is 5.83. The van der Waals surface area contributed by atoms with Gasteiger partial charge in [-0.05, 0) is 18.9 Å². The number of carboxylic acids is 1. The number of ether oxygens (including phenoxy) is 1. The van der Waals surface area contributed by atoms with Crippen molar-refractivity contribution in [1.82, 2.24) is 4.90 Å². The van der Waals surface area contributed by atoms with Crippen LogP contribution in [0.4, 0.5) is 0 Å². The Labute approximate surface area is 111 Å². The first kappa shape index (κ1) is 13.5. The smallest absolute Gasteiger partial charge is 0.323 e. The van der Waals surface area contributed by atoms with Crippen molar-refractivity contribution in [2.24, 2.45) is 0 Å². The number of hydrogen-bond donors (Lipinski definition) is 1. The maximum absolute atomic E-state index is 11.7. The van der Waals surface area contributed by atoms with Gasteiger partial charge in [0.1, 0.15) is 12.1 Å². The van der Waals surface area contributed by atoms with Crippen molar-refractivity contribution in [2.45, 2.75) is 31.5 Å². The molecule has 0 aromatic heterocycles. The highest BCUT2D eigenvalue weighted by Crippen LogP contribution is 2.36. The summed E-state index contributed by atoms with van der Waals surface area (Å²) in [6.45, 7) is 1.90. The lowest BCUT2D eigenvalue weighted by Gasteiger charge is -2.48. The molecule has 1 aromatic rings. The highest BCUT2D eigenvalue weighted by Gasteiger charge is 2.49. The fraction of sp³-hybridized carbons (Fsp3) is 0.429. The summed E-state index contributed by atoms with van der Waals surface area (Å²) in [7, 11) is 1.32. The van der Waals surface area contributed by atoms with E-state index in [1.807, 2.05) is 37.3 Å². The van der Waals surface area contributed by atoms with E-state index in [2.05, 4.69) is 0 Å². The molecule has 1 aliphatic rings. The van der Waals surface area contributed by atoms with Crippen LogP contribution in [-0.2, 0) is 14.3 Å². The van der Waals surface area contributed by atoms with E-state index < -0.39 is 18.1 Å². The van der Waals surface area contributed by atoms with Gasteiger partial charge < -0.3 is 9.84 Å². The van der Waals surface area contributed by atoms with Gasteiger partial charge in [0.2, 0.25) is 0 Å². The van der Waals surface area contributed by atoms with Gasteiger partial charge in [0.05, 0.1) is 7.11 Å². The molecular weight excluding hydrogens is 246 g/mol. The maximum Gasteiger partial charge on any atom is 0.323 e. The molecule has 1 aliphatic heterocycles. The van der Waals surface area contributed by atoms with E-state index in [0.29, 0.717) is 6.42 Å². The van der Waals surface area contributed by atoms with Gasteiger partial charge in [-0.15, -0.1) is 0 Å². The molecule has 0 radical (unpaired) electrons. The summed E-state index contributed by atoms with van der Waals surface area (Å²) >= 11 is 0. The quantitative estimate of drug-likeness (QED) is 0.833. The van der Waals surface area contributed by atoms with Crippen LogP contribution >= 0.6 is 0 Å². The first-order valence-electron chi connectivity index (χ1n) is 6.19. The largest absolute Gasteiger partial charge is 0.480 e. The van der Waals surface area contributed by atoms with E-state index >= 15 is 0 Å². The van der Waals surface area contributed by atoms with E-state index in [4.69, 9.17) is 4.74 Å². The zero-order chi connectivity index (χ0) is 14.0. The fourth-order valence-corrected chi connectivity index (χ4v) is 2.56. The van der Waals surface area contributed by atoms with Gasteiger partial charge in [-0.3, -0.25) is 14.5 Å². The van der Waals surface area contributed by atoms with Crippen molar-refractivity contribution in [3.8, 4) is 0 Å². The average Bonchev–Trinajstić information content (AvgIpc) is 2.37. The highest BCUT2D eigenvalue weighted by atomic mass is 16.5. The fourth-order valence-electron chi connectivity index (χ4n) is 2.56. The van der Waals surface area contributed by atoms with Crippen molar-refractivity contribution in [3.05, 3.63) is 35.9 Å². The third-order valence-electron chi connectivity index (χ3n) is 3.65. The number of carboxylic acid groups (broad SMARTS) is 1. The van der Waals surface area contributed by atoms with E-state index in [-0.39, 0.29) is 12.0 Å². The molecular formula is C14H17NO4. The van der Waals surface area contributed by atoms with Crippen LogP contribution in [0, 0.1) is 0 Å². The predicted molar refractivity (Wildman–Crippen MR) is 68.5 cm³/mol. The van der Waals surface area contributed by atoms with Crippen molar-refractivity contribution in [3.63, 3.8) is 0 Å². The minimum Gasteiger partial charge on any atom is -0.480 e. The van der Waals surface area contributed by atoms with Crippen LogP contribution in [0.1, 0.15) is 24.9 Å². The van der Waals surface area contributed by atoms with Crippen LogP contribution in [0.3, 0.4) is 0 Å². The summed E-state index contributed by atoms with van der Waals surface area (Å²) in [5.41, 5.74) is 0.988. The maximum atomic E-state index is 11.7. The van der Waals surface area contributed by atoms with Gasteiger partial charge in [-0.25, -0.2) is 0 Å². The molecule has 0 bridgehead atoms. The first-order valence-corrected chi connectivity index (χ1v) is 6.19. The number of carbonyl (C=O) groups is 2. The number of aliphatic carboxylic acids is 1. The molecule has 5 heteroatoms. The van der Waals surface area contributed by atoms with Crippen LogP contribution < -0.4 is 0 Å². The Bertz CT molecular complexity index is 474. The van der Waals surface area contributed by atoms with E-state index in [1.165, 1.54) is 7.11 Å². The SMILES string of the molecule is COC(=O)C1CC(C(=O)O)N1C(C)c1ccccc1. The Morgan fingerprint density at radius 1 is 1.32 bits per heavy atom. The van der Waals surface area contributed by atoms with Crippen molar-refractivity contribution < 1.29 is 19.4 Å². The lowest BCUT2D eigenvalue weighted by Crippen LogP contribution is -2.63. The summed E-state index contributed by atoms with van der Waals surface area (Å²) < 4.78 is 4.72. The molecule has 0 aliphatic carbocycles. The van der Waals surface area contributed by atoms with Gasteiger partial charge in [-0.1, -0.05) is 30.3 Å². The van der Waals surface area contributed by atoms with Gasteiger partial charge >= 0.3 is 11.9 Å². The monoisotopic (exact) mass is 263 g/mol. The lowest BCUT2D eigenvalue weighted by molar-refractivity contribution is -0.169. The Balaban J connectivity index is 2.22. The molecule has 1 aromatic carbocycles. The molecule has 1 N–H and O–H groups in total. The standard InChI is InChI=1S/C14H17NO4/c1-9(10-6-4-3-5-7-10)15-11(13(16)17)8-12(15)14(18)19-2/h3-7,9,11-12H,8H2,1-2H3,(H,16,17). The number of methoxy groups -OCH3 is 1. The van der Waals surface area contributed by atoms with Gasteiger partial charge in [0.25, 0.3) is 0 Å². The predicted octanol–water partition coefficient (Wildman–Crippen LogP) is 1.45. The number of hydrogen-bond acceptors (Lipinski definition) is 4. The lowest BCUT2D eigenvalue weighted by atomic mass is 9.88. The van der Waals surface area contributed by atoms with Gasteiger partial charge in [0, 0.05) is 6.04 Å². The minimum atomic E-state index is -0.900. The minimum absolute atomic E-state index is 0.139. The second kappa shape index (κ2) is 5.40. The number of benzene rings is 1. The van der Waals surface area contributed by atoms with Crippen molar-refractivity contribution in [1.29, 1.82) is 0 Å². The number of carbonyl (C=O) groups excluding carboxylic acids is 1. The van der Waals surface area contributed by atoms with Crippen molar-refractivity contribution >= 4 is 11.9 Å². The van der Waals surface area contributed by atoms with Gasteiger partial charge in [0.15, 0.2) is 0 Å². The molecule has 1 saturated heterocycles. The van der Waals surface area contributed by atoms with Crippen molar-refractivity contribution in [2.75, 3.05) is 7.11 Å². The Morgan fingerprint density at radius 3 is 2.47 bits per heavy atom. The van der Waals surface area contributed by atoms with E-state index in [0.717, 1.165) is 5.56 Å². The Kier molecular flexibility index (Phi) is 3.85. The number of likely N-dealkylation sites (tertiary alicyclic amines) is 1. The molecule has 0 amide bonds. The molecule has 0 spiro atoms. The average molecular weight is 263 g/mol. The summed E-state index contributed by atoms with van der Waals surface area (Å²) in [6, 6.07) is 8.31. The molecule has 19 heavy (non-hydrogen) atoms. The van der Waals surface area contributed by atoms with Crippen LogP contribution in [0.2, 0.25) is 0 Å². The summed E-state index contributed by atoms with van der Waals surface area (Å²) in [6.07, 6.45) is 0.305. The third-order valence-corrected chi connectivity index (χ3v) is 3.65. The number of esters is 1. The third kappa shape index (κ3) is 2.46. The number of nitrogens with zero attached hydrogens (tertiary/aromatic N) is 1. The van der Waals surface area contributed by atoms with Crippen LogP contribution in [-0.4, -0.2) is 41.1 Å². The molecule has 1 fully saturated rings. The van der Waals surface area contributed by atoms with E-state index in [9.17, 15) is 14.7 Å². The Morgan fingerprint density at radius 2 is 1.95 bits per heavy atom. The zero-order valence-electron chi connectivity index (χ0n) is 10.9. The normalized spacial score (nSPS) is 24.3. The molecule has 1 heterocycles. The molecule has 3 atom stereocenters. The second-order valence-corrected chi connectivity index (χ2v) is 4.66. The topological polar surface area (TPSA) is 66.8 Å². The molecule has 2 rings (SSSR count). The summed E-state index contributed by atoms with van der Waals surface area (Å²) in [5.74, 6) is -1.27. The first-order chi connectivity index (χ1) is 9.06. The summed E-state index contributed by atoms with van der Waals surface area (Å²) in [4.78, 5) is 24.5. The molecule has 3 unspecified atom stereocenters. The van der Waals surface area contributed by atoms with Crippen LogP contribution in [0.25, 0.3) is 0 Å².